The van der Waals surface area contributed by atoms with Crippen LogP contribution in [-0.4, -0.2) is 47.4 Å². The number of hydrogen-bond donors (Lipinski definition) is 3. The van der Waals surface area contributed by atoms with E-state index in [9.17, 15) is 14.4 Å². The quantitative estimate of drug-likeness (QED) is 0.336. The van der Waals surface area contributed by atoms with Crippen molar-refractivity contribution in [3.8, 4) is 0 Å². The highest BCUT2D eigenvalue weighted by molar-refractivity contribution is 7.14. The highest BCUT2D eigenvalue weighted by Crippen LogP contribution is 2.25. The molecule has 152 valence electrons. The number of rotatable bonds is 7. The summed E-state index contributed by atoms with van der Waals surface area (Å²) in [6.45, 7) is 0. The monoisotopic (exact) mass is 437 g/mol. The van der Waals surface area contributed by atoms with Crippen molar-refractivity contribution >= 4 is 51.5 Å². The van der Waals surface area contributed by atoms with Gasteiger partial charge in [-0.2, -0.15) is 0 Å². The topological polar surface area (TPSA) is 131 Å². The number of halogens is 1. The van der Waals surface area contributed by atoms with Gasteiger partial charge in [0.2, 0.25) is 5.91 Å². The zero-order valence-electron chi connectivity index (χ0n) is 15.0. The van der Waals surface area contributed by atoms with E-state index in [0.717, 1.165) is 11.3 Å². The van der Waals surface area contributed by atoms with E-state index in [-0.39, 0.29) is 22.4 Å². The summed E-state index contributed by atoms with van der Waals surface area (Å²) in [5.74, 6) is -1.87. The van der Waals surface area contributed by atoms with Crippen molar-refractivity contribution in [2.75, 3.05) is 18.3 Å². The lowest BCUT2D eigenvalue weighted by atomic mass is 10.0. The van der Waals surface area contributed by atoms with Crippen LogP contribution in [0.15, 0.2) is 40.9 Å². The maximum Gasteiger partial charge on any atom is 0.276 e. The molecule has 2 atom stereocenters. The predicted molar refractivity (Wildman–Crippen MR) is 105 cm³/mol. The van der Waals surface area contributed by atoms with Gasteiger partial charge in [0.1, 0.15) is 30.8 Å². The van der Waals surface area contributed by atoms with E-state index < -0.39 is 29.9 Å². The smallest absolute Gasteiger partial charge is 0.276 e. The molecule has 3 N–H and O–H groups in total. The summed E-state index contributed by atoms with van der Waals surface area (Å²) in [6.07, 6.45) is -0.717. The molecule has 0 radical (unpaired) electrons. The van der Waals surface area contributed by atoms with E-state index in [1.165, 1.54) is 12.5 Å². The molecule has 0 bridgehead atoms. The van der Waals surface area contributed by atoms with Gasteiger partial charge in [0, 0.05) is 5.38 Å². The molecule has 0 aliphatic carbocycles. The number of thiazole rings is 1. The summed E-state index contributed by atoms with van der Waals surface area (Å²) >= 11 is 6.54. The minimum absolute atomic E-state index is 0.162. The lowest BCUT2D eigenvalue weighted by Crippen LogP contribution is -2.46. The van der Waals surface area contributed by atoms with Gasteiger partial charge in [-0.25, -0.2) is 10.5 Å². The normalized spacial score (nSPS) is 18.8. The fraction of sp³-hybridized carbons (Fsp3) is 0.235. The summed E-state index contributed by atoms with van der Waals surface area (Å²) in [6, 6.07) is 7.99. The van der Waals surface area contributed by atoms with Crippen LogP contribution >= 0.6 is 22.9 Å². The van der Waals surface area contributed by atoms with E-state index in [0.29, 0.717) is 5.56 Å². The first-order chi connectivity index (χ1) is 14.0. The third kappa shape index (κ3) is 4.88. The molecule has 0 spiro atoms. The molecule has 1 aromatic carbocycles. The maximum atomic E-state index is 12.8. The molecule has 29 heavy (non-hydrogen) atoms. The first-order valence-corrected chi connectivity index (χ1v) is 9.69. The summed E-state index contributed by atoms with van der Waals surface area (Å²) in [4.78, 5) is 50.6. The Labute approximate surface area is 174 Å². The molecule has 1 aliphatic heterocycles. The Balaban J connectivity index is 1.78. The number of benzene rings is 1. The van der Waals surface area contributed by atoms with E-state index in [4.69, 9.17) is 21.3 Å². The second kappa shape index (κ2) is 9.45. The van der Waals surface area contributed by atoms with Gasteiger partial charge >= 0.3 is 0 Å². The molecule has 1 aliphatic rings. The third-order valence-electron chi connectivity index (χ3n) is 3.80. The number of anilines is 1. The number of hydroxylamine groups is 1. The predicted octanol–water partition coefficient (Wildman–Crippen LogP) is 0.958. The van der Waals surface area contributed by atoms with Crippen LogP contribution in [0.5, 0.6) is 0 Å². The van der Waals surface area contributed by atoms with Crippen molar-refractivity contribution in [3.05, 3.63) is 47.0 Å². The first-order valence-electron chi connectivity index (χ1n) is 8.27. The molecule has 2 aromatic rings. The van der Waals surface area contributed by atoms with E-state index >= 15 is 0 Å². The summed E-state index contributed by atoms with van der Waals surface area (Å²) in [7, 11) is 1.27. The number of aromatic nitrogens is 1. The number of oxime groups is 1. The Morgan fingerprint density at radius 3 is 2.83 bits per heavy atom. The molecule has 3 rings (SSSR count). The Bertz CT molecular complexity index is 935. The minimum Gasteiger partial charge on any atom is -0.398 e. The second-order valence-electron chi connectivity index (χ2n) is 5.71. The van der Waals surface area contributed by atoms with Crippen LogP contribution in [0.2, 0.25) is 0 Å². The van der Waals surface area contributed by atoms with Gasteiger partial charge in [0.25, 0.3) is 11.8 Å². The fourth-order valence-electron chi connectivity index (χ4n) is 2.53. The average Bonchev–Trinajstić information content (AvgIpc) is 3.33. The van der Waals surface area contributed by atoms with E-state index in [1.54, 1.807) is 24.3 Å². The van der Waals surface area contributed by atoms with Crippen molar-refractivity contribution < 1.29 is 24.1 Å². The van der Waals surface area contributed by atoms with E-state index in [1.807, 2.05) is 6.07 Å². The summed E-state index contributed by atoms with van der Waals surface area (Å²) < 4.78 is 0. The first kappa shape index (κ1) is 20.7. The molecule has 12 heteroatoms. The van der Waals surface area contributed by atoms with Crippen LogP contribution in [0.4, 0.5) is 5.13 Å². The molecular formula is C17H16ClN5O5S. The lowest BCUT2D eigenvalue weighted by molar-refractivity contribution is -0.127. The molecule has 2 heterocycles. The van der Waals surface area contributed by atoms with Crippen LogP contribution in [-0.2, 0) is 24.1 Å². The second-order valence-corrected chi connectivity index (χ2v) is 6.83. The van der Waals surface area contributed by atoms with Gasteiger partial charge in [-0.3, -0.25) is 19.2 Å². The van der Waals surface area contributed by atoms with Crippen LogP contribution < -0.4 is 16.1 Å². The molecule has 1 aromatic heterocycles. The average molecular weight is 438 g/mol. The number of carbonyl (C=O) groups is 3. The highest BCUT2D eigenvalue weighted by atomic mass is 35.5. The van der Waals surface area contributed by atoms with Crippen LogP contribution in [0.3, 0.4) is 0 Å². The zero-order chi connectivity index (χ0) is 20.8. The SMILES string of the molecule is CON=C(C(=O)NC1C(=O)NOC1c1ccccc1)c1csc(NC(=O)CCl)n1. The molecule has 1 fully saturated rings. The number of hydrogen-bond acceptors (Lipinski definition) is 8. The maximum absolute atomic E-state index is 12.8. The number of nitrogens with zero attached hydrogens (tertiary/aromatic N) is 2. The lowest BCUT2D eigenvalue weighted by Gasteiger charge is -2.17. The Hall–Kier alpha value is -3.02. The standard InChI is InChI=1S/C17H16ClN5O5S/c1-27-22-12(10-8-29-17(19-10)20-11(24)7-18)15(25)21-13-14(28-23-16(13)26)9-5-3-2-4-6-9/h2-6,8,13-14H,7H2,1H3,(H,21,25)(H,23,26)(H,19,20,24). The largest absolute Gasteiger partial charge is 0.398 e. The Morgan fingerprint density at radius 1 is 1.38 bits per heavy atom. The molecule has 2 unspecified atom stereocenters. The molecule has 1 saturated heterocycles. The highest BCUT2D eigenvalue weighted by Gasteiger charge is 2.39. The van der Waals surface area contributed by atoms with Crippen LogP contribution in [0, 0.1) is 0 Å². The molecular weight excluding hydrogens is 422 g/mol. The zero-order valence-corrected chi connectivity index (χ0v) is 16.6. The summed E-state index contributed by atoms with van der Waals surface area (Å²) in [5, 5.41) is 10.5. The van der Waals surface area contributed by atoms with E-state index in [2.05, 4.69) is 26.3 Å². The minimum atomic E-state index is -0.985. The van der Waals surface area contributed by atoms with Crippen LogP contribution in [0.1, 0.15) is 17.4 Å². The number of nitrogens with one attached hydrogen (secondary N) is 3. The molecule has 10 nitrogen and oxygen atoms in total. The van der Waals surface area contributed by atoms with Gasteiger partial charge in [-0.1, -0.05) is 35.5 Å². The third-order valence-corrected chi connectivity index (χ3v) is 4.80. The van der Waals surface area contributed by atoms with Crippen molar-refractivity contribution in [2.45, 2.75) is 12.1 Å². The van der Waals surface area contributed by atoms with Crippen molar-refractivity contribution in [2.24, 2.45) is 5.16 Å². The Morgan fingerprint density at radius 2 is 2.14 bits per heavy atom. The van der Waals surface area contributed by atoms with Crippen molar-refractivity contribution in [1.29, 1.82) is 0 Å². The Kier molecular flexibility index (Phi) is 6.75. The fourth-order valence-corrected chi connectivity index (χ4v) is 3.31. The van der Waals surface area contributed by atoms with Crippen LogP contribution in [0.25, 0.3) is 0 Å². The summed E-state index contributed by atoms with van der Waals surface area (Å²) in [5.41, 5.74) is 2.97. The number of carbonyl (C=O) groups excluding carboxylic acids is 3. The number of amides is 3. The molecule has 0 saturated carbocycles. The van der Waals surface area contributed by atoms with Crippen molar-refractivity contribution in [1.82, 2.24) is 15.8 Å². The van der Waals surface area contributed by atoms with Gasteiger partial charge < -0.3 is 15.5 Å². The van der Waals surface area contributed by atoms with Gasteiger partial charge in [-0.15, -0.1) is 22.9 Å². The van der Waals surface area contributed by atoms with Gasteiger partial charge in [0.15, 0.2) is 10.8 Å². The molecule has 3 amide bonds. The number of alkyl halides is 1. The van der Waals surface area contributed by atoms with Gasteiger partial charge in [-0.05, 0) is 5.56 Å². The van der Waals surface area contributed by atoms with Crippen molar-refractivity contribution in [3.63, 3.8) is 0 Å². The van der Waals surface area contributed by atoms with Gasteiger partial charge in [0.05, 0.1) is 0 Å².